The minimum atomic E-state index is -0.933. The zero-order valence-corrected chi connectivity index (χ0v) is 12.0. The summed E-state index contributed by atoms with van der Waals surface area (Å²) >= 11 is 1.34. The Morgan fingerprint density at radius 3 is 2.25 bits per heavy atom. The average molecular weight is 294 g/mol. The SMILES string of the molecule is CCc1ccc(C(=O)CN2C(=O)C(=O)N(CC)C2=O)s1. The summed E-state index contributed by atoms with van der Waals surface area (Å²) in [5, 5.41) is 0. The molecule has 0 unspecified atom stereocenters. The second-order valence-corrected chi connectivity index (χ2v) is 5.43. The number of imide groups is 2. The number of hydrogen-bond donors (Lipinski definition) is 0. The van der Waals surface area contributed by atoms with E-state index in [0.29, 0.717) is 9.78 Å². The van der Waals surface area contributed by atoms with Gasteiger partial charge in [0.05, 0.1) is 11.4 Å². The zero-order valence-electron chi connectivity index (χ0n) is 11.2. The number of likely N-dealkylation sites (N-methyl/N-ethyl adjacent to an activating group) is 1. The molecule has 1 aromatic rings. The Kier molecular flexibility index (Phi) is 3.99. The average Bonchev–Trinajstić information content (AvgIpc) is 2.99. The molecule has 1 fully saturated rings. The summed E-state index contributed by atoms with van der Waals surface area (Å²) in [6, 6.07) is 2.80. The molecule has 1 aliphatic rings. The lowest BCUT2D eigenvalue weighted by atomic mass is 10.3. The standard InChI is InChI=1S/C13H14N2O4S/c1-3-8-5-6-10(20-8)9(16)7-15-12(18)11(17)14(4-2)13(15)19/h5-6H,3-4,7H2,1-2H3. The normalized spacial score (nSPS) is 15.4. The van der Waals surface area contributed by atoms with Crippen LogP contribution in [0.1, 0.15) is 28.4 Å². The van der Waals surface area contributed by atoms with E-state index in [9.17, 15) is 19.2 Å². The van der Waals surface area contributed by atoms with Gasteiger partial charge < -0.3 is 0 Å². The van der Waals surface area contributed by atoms with Gasteiger partial charge in [-0.1, -0.05) is 6.92 Å². The van der Waals surface area contributed by atoms with Crippen LogP contribution in [0.25, 0.3) is 0 Å². The molecule has 2 heterocycles. The topological polar surface area (TPSA) is 74.8 Å². The Balaban J connectivity index is 2.13. The van der Waals surface area contributed by atoms with E-state index in [-0.39, 0.29) is 18.9 Å². The number of hydrogen-bond acceptors (Lipinski definition) is 5. The summed E-state index contributed by atoms with van der Waals surface area (Å²) in [7, 11) is 0. The molecule has 20 heavy (non-hydrogen) atoms. The van der Waals surface area contributed by atoms with E-state index in [1.165, 1.54) is 11.3 Å². The van der Waals surface area contributed by atoms with Crippen LogP contribution in [0.15, 0.2) is 12.1 Å². The Labute approximate surface area is 120 Å². The molecule has 6 nitrogen and oxygen atoms in total. The monoisotopic (exact) mass is 294 g/mol. The zero-order chi connectivity index (χ0) is 14.9. The third kappa shape index (κ3) is 2.36. The fourth-order valence-electron chi connectivity index (χ4n) is 1.91. The molecule has 1 aromatic heterocycles. The lowest BCUT2D eigenvalue weighted by Crippen LogP contribution is -2.36. The maximum atomic E-state index is 12.1. The first-order chi connectivity index (χ1) is 9.49. The Morgan fingerprint density at radius 1 is 1.10 bits per heavy atom. The molecule has 1 aliphatic heterocycles. The van der Waals surface area contributed by atoms with E-state index in [1.54, 1.807) is 13.0 Å². The van der Waals surface area contributed by atoms with Gasteiger partial charge in [0.15, 0.2) is 5.78 Å². The lowest BCUT2D eigenvalue weighted by Gasteiger charge is -2.12. The number of Topliss-reactive ketones (excluding diaryl/α,β-unsaturated/α-hetero) is 1. The van der Waals surface area contributed by atoms with Gasteiger partial charge in [0.1, 0.15) is 0 Å². The molecule has 7 heteroatoms. The largest absolute Gasteiger partial charge is 0.334 e. The Hall–Kier alpha value is -2.02. The molecule has 0 saturated carbocycles. The van der Waals surface area contributed by atoms with Gasteiger partial charge in [-0.2, -0.15) is 0 Å². The van der Waals surface area contributed by atoms with Crippen LogP contribution in [0.5, 0.6) is 0 Å². The molecule has 0 bridgehead atoms. The predicted octanol–water partition coefficient (Wildman–Crippen LogP) is 1.30. The fraction of sp³-hybridized carbons (Fsp3) is 0.385. The van der Waals surface area contributed by atoms with Crippen molar-refractivity contribution in [3.05, 3.63) is 21.9 Å². The third-order valence-electron chi connectivity index (χ3n) is 3.04. The highest BCUT2D eigenvalue weighted by atomic mass is 32.1. The van der Waals surface area contributed by atoms with Gasteiger partial charge in [-0.05, 0) is 25.5 Å². The highest BCUT2D eigenvalue weighted by Crippen LogP contribution is 2.19. The number of thiophene rings is 1. The lowest BCUT2D eigenvalue weighted by molar-refractivity contribution is -0.143. The maximum Gasteiger partial charge on any atom is 0.334 e. The summed E-state index contributed by atoms with van der Waals surface area (Å²) < 4.78 is 0. The second-order valence-electron chi connectivity index (χ2n) is 4.27. The summed E-state index contributed by atoms with van der Waals surface area (Å²) in [5.74, 6) is -2.13. The molecular weight excluding hydrogens is 280 g/mol. The van der Waals surface area contributed by atoms with Gasteiger partial charge >= 0.3 is 17.8 Å². The Morgan fingerprint density at radius 2 is 1.75 bits per heavy atom. The number of amides is 4. The summed E-state index contributed by atoms with van der Waals surface area (Å²) in [5.41, 5.74) is 0. The first-order valence-corrected chi connectivity index (χ1v) is 7.10. The van der Waals surface area contributed by atoms with Gasteiger partial charge in [-0.25, -0.2) is 9.69 Å². The second kappa shape index (κ2) is 5.54. The summed E-state index contributed by atoms with van der Waals surface area (Å²) in [6.07, 6.45) is 0.821. The van der Waals surface area contributed by atoms with Crippen LogP contribution in [-0.4, -0.2) is 46.5 Å². The van der Waals surface area contributed by atoms with Gasteiger partial charge in [0, 0.05) is 11.4 Å². The van der Waals surface area contributed by atoms with E-state index in [0.717, 1.165) is 16.2 Å². The first kappa shape index (κ1) is 14.4. The molecule has 4 amide bonds. The van der Waals surface area contributed by atoms with Crippen LogP contribution in [0.3, 0.4) is 0 Å². The quantitative estimate of drug-likeness (QED) is 0.466. The van der Waals surface area contributed by atoms with Crippen molar-refractivity contribution in [2.45, 2.75) is 20.3 Å². The minimum Gasteiger partial charge on any atom is -0.291 e. The van der Waals surface area contributed by atoms with Crippen molar-refractivity contribution in [3.63, 3.8) is 0 Å². The molecule has 106 valence electrons. The number of urea groups is 1. The number of rotatable bonds is 5. The number of aryl methyl sites for hydroxylation is 1. The molecule has 1 saturated heterocycles. The molecule has 2 rings (SSSR count). The number of carbonyl (C=O) groups excluding carboxylic acids is 4. The number of nitrogens with zero attached hydrogens (tertiary/aromatic N) is 2. The van der Waals surface area contributed by atoms with E-state index in [1.807, 2.05) is 13.0 Å². The van der Waals surface area contributed by atoms with Crippen molar-refractivity contribution in [2.24, 2.45) is 0 Å². The molecule has 0 spiro atoms. The maximum absolute atomic E-state index is 12.1. The molecule has 0 aliphatic carbocycles. The first-order valence-electron chi connectivity index (χ1n) is 6.28. The van der Waals surface area contributed by atoms with Crippen LogP contribution in [-0.2, 0) is 16.0 Å². The molecule has 0 aromatic carbocycles. The fourth-order valence-corrected chi connectivity index (χ4v) is 2.79. The third-order valence-corrected chi connectivity index (χ3v) is 4.31. The van der Waals surface area contributed by atoms with Crippen LogP contribution in [0.2, 0.25) is 0 Å². The van der Waals surface area contributed by atoms with Crippen LogP contribution in [0, 0.1) is 0 Å². The van der Waals surface area contributed by atoms with Crippen molar-refractivity contribution in [1.82, 2.24) is 9.80 Å². The molecule has 0 radical (unpaired) electrons. The van der Waals surface area contributed by atoms with Gasteiger partial charge in [-0.15, -0.1) is 11.3 Å². The molecule has 0 atom stereocenters. The highest BCUT2D eigenvalue weighted by molar-refractivity contribution is 7.14. The van der Waals surface area contributed by atoms with Crippen molar-refractivity contribution < 1.29 is 19.2 Å². The smallest absolute Gasteiger partial charge is 0.291 e. The van der Waals surface area contributed by atoms with Gasteiger partial charge in [-0.3, -0.25) is 19.3 Å². The molecular formula is C13H14N2O4S. The van der Waals surface area contributed by atoms with Crippen LogP contribution < -0.4 is 0 Å². The number of ketones is 1. The van der Waals surface area contributed by atoms with Gasteiger partial charge in [0.25, 0.3) is 0 Å². The van der Waals surface area contributed by atoms with Crippen molar-refractivity contribution >= 4 is 35.0 Å². The van der Waals surface area contributed by atoms with E-state index in [4.69, 9.17) is 0 Å². The highest BCUT2D eigenvalue weighted by Gasteiger charge is 2.44. The van der Waals surface area contributed by atoms with Crippen molar-refractivity contribution in [1.29, 1.82) is 0 Å². The molecule has 0 N–H and O–H groups in total. The van der Waals surface area contributed by atoms with Crippen molar-refractivity contribution in [3.8, 4) is 0 Å². The Bertz CT molecular complexity index is 593. The van der Waals surface area contributed by atoms with E-state index >= 15 is 0 Å². The van der Waals surface area contributed by atoms with Gasteiger partial charge in [0.2, 0.25) is 0 Å². The van der Waals surface area contributed by atoms with E-state index in [2.05, 4.69) is 0 Å². The minimum absolute atomic E-state index is 0.118. The summed E-state index contributed by atoms with van der Waals surface area (Å²) in [6.45, 7) is 3.31. The van der Waals surface area contributed by atoms with Crippen LogP contribution >= 0.6 is 11.3 Å². The number of carbonyl (C=O) groups is 4. The predicted molar refractivity (Wildman–Crippen MR) is 72.5 cm³/mol. The van der Waals surface area contributed by atoms with Crippen LogP contribution in [0.4, 0.5) is 4.79 Å². The van der Waals surface area contributed by atoms with Crippen molar-refractivity contribution in [2.75, 3.05) is 13.1 Å². The van der Waals surface area contributed by atoms with E-state index < -0.39 is 17.8 Å². The summed E-state index contributed by atoms with van der Waals surface area (Å²) in [4.78, 5) is 50.2.